The average Bonchev–Trinajstić information content (AvgIpc) is 2.86. The molecule has 0 radical (unpaired) electrons. The van der Waals surface area contributed by atoms with Gasteiger partial charge in [-0.1, -0.05) is 23.7 Å². The maximum Gasteiger partial charge on any atom is 0.274 e. The van der Waals surface area contributed by atoms with Gasteiger partial charge in [-0.25, -0.2) is 13.1 Å². The summed E-state index contributed by atoms with van der Waals surface area (Å²) < 4.78 is 31.2. The second-order valence-corrected chi connectivity index (χ2v) is 5.97. The highest BCUT2D eigenvalue weighted by Crippen LogP contribution is 2.15. The van der Waals surface area contributed by atoms with Crippen molar-refractivity contribution in [2.45, 2.75) is 18.2 Å². The number of hydrogen-bond acceptors (Lipinski definition) is 4. The minimum Gasteiger partial charge on any atom is -0.446 e. The predicted molar refractivity (Wildman–Crippen MR) is 70.1 cm³/mol. The van der Waals surface area contributed by atoms with Crippen LogP contribution in [0.5, 0.6) is 0 Å². The van der Waals surface area contributed by atoms with Crippen LogP contribution < -0.4 is 4.72 Å². The van der Waals surface area contributed by atoms with E-state index in [2.05, 4.69) is 4.72 Å². The zero-order valence-corrected chi connectivity index (χ0v) is 11.4. The number of rotatable bonds is 5. The van der Waals surface area contributed by atoms with Crippen LogP contribution in [0.4, 0.5) is 0 Å². The van der Waals surface area contributed by atoms with E-state index in [4.69, 9.17) is 21.1 Å². The van der Waals surface area contributed by atoms with E-state index in [1.54, 1.807) is 24.3 Å². The lowest BCUT2D eigenvalue weighted by atomic mass is 10.2. The first-order valence-corrected chi connectivity index (χ1v) is 7.31. The summed E-state index contributed by atoms with van der Waals surface area (Å²) in [7, 11) is -3.73. The lowest BCUT2D eigenvalue weighted by Gasteiger charge is -2.04. The molecule has 0 aliphatic carbocycles. The minimum absolute atomic E-state index is 0.109. The molecule has 1 aromatic heterocycles. The molecule has 2 rings (SSSR count). The normalized spacial score (nSPS) is 11.7. The number of halogens is 1. The number of sulfonamides is 1. The second-order valence-electron chi connectivity index (χ2n) is 3.83. The van der Waals surface area contributed by atoms with Gasteiger partial charge in [0.05, 0.1) is 0 Å². The fraction of sp³-hybridized carbons (Fsp3) is 0.167. The first kappa shape index (κ1) is 14.1. The van der Waals surface area contributed by atoms with Gasteiger partial charge in [-0.2, -0.15) is 0 Å². The van der Waals surface area contributed by atoms with Gasteiger partial charge >= 0.3 is 0 Å². The molecule has 0 aliphatic rings. The van der Waals surface area contributed by atoms with Crippen molar-refractivity contribution in [2.24, 2.45) is 0 Å². The Hall–Kier alpha value is -1.34. The van der Waals surface area contributed by atoms with Crippen LogP contribution in [-0.2, 0) is 23.2 Å². The first-order valence-electron chi connectivity index (χ1n) is 5.45. The third kappa shape index (κ3) is 3.57. The van der Waals surface area contributed by atoms with Crippen molar-refractivity contribution in [3.8, 4) is 0 Å². The molecule has 0 spiro atoms. The summed E-state index contributed by atoms with van der Waals surface area (Å²) in [6.07, 6.45) is 0. The van der Waals surface area contributed by atoms with Crippen LogP contribution in [-0.4, -0.2) is 13.5 Å². The Morgan fingerprint density at radius 3 is 2.68 bits per heavy atom. The Labute approximate surface area is 115 Å². The van der Waals surface area contributed by atoms with Crippen molar-refractivity contribution < 1.29 is 17.9 Å². The van der Waals surface area contributed by atoms with E-state index in [9.17, 15) is 8.42 Å². The largest absolute Gasteiger partial charge is 0.446 e. The molecule has 1 heterocycles. The molecule has 0 bridgehead atoms. The van der Waals surface area contributed by atoms with Crippen LogP contribution in [0.25, 0.3) is 0 Å². The number of benzene rings is 1. The Balaban J connectivity index is 2.09. The summed E-state index contributed by atoms with van der Waals surface area (Å²) in [4.78, 5) is 0. The summed E-state index contributed by atoms with van der Waals surface area (Å²) in [5.41, 5.74) is 0.741. The van der Waals surface area contributed by atoms with E-state index < -0.39 is 10.0 Å². The van der Waals surface area contributed by atoms with E-state index >= 15 is 0 Å². The van der Waals surface area contributed by atoms with Crippen molar-refractivity contribution in [2.75, 3.05) is 0 Å². The van der Waals surface area contributed by atoms with Crippen LogP contribution in [0, 0.1) is 0 Å². The zero-order chi connectivity index (χ0) is 13.9. The third-order valence-corrected chi connectivity index (χ3v) is 3.92. The Morgan fingerprint density at radius 1 is 1.26 bits per heavy atom. The molecule has 7 heteroatoms. The molecule has 0 unspecified atom stereocenters. The molecule has 19 heavy (non-hydrogen) atoms. The molecular formula is C12H12ClNO4S. The quantitative estimate of drug-likeness (QED) is 0.884. The van der Waals surface area contributed by atoms with Gasteiger partial charge in [0.2, 0.25) is 5.09 Å². The molecule has 0 fully saturated rings. The van der Waals surface area contributed by atoms with Crippen molar-refractivity contribution >= 4 is 21.6 Å². The van der Waals surface area contributed by atoms with Crippen molar-refractivity contribution in [3.05, 3.63) is 52.7 Å². The Kier molecular flexibility index (Phi) is 4.26. The molecule has 0 aliphatic heterocycles. The molecule has 0 saturated heterocycles. The predicted octanol–water partition coefficient (Wildman–Crippen LogP) is 1.90. The maximum atomic E-state index is 11.9. The summed E-state index contributed by atoms with van der Waals surface area (Å²) >= 11 is 5.81. The second kappa shape index (κ2) is 5.75. The standard InChI is InChI=1S/C12H12ClNO4S/c13-10-3-1-2-9(6-10)7-14-19(16,17)12-5-4-11(8-15)18-12/h1-6,14-15H,7-8H2. The topological polar surface area (TPSA) is 79.5 Å². The van der Waals surface area contributed by atoms with E-state index in [1.807, 2.05) is 0 Å². The highest BCUT2D eigenvalue weighted by Gasteiger charge is 2.18. The fourth-order valence-corrected chi connectivity index (χ4v) is 2.66. The first-order chi connectivity index (χ1) is 9.01. The highest BCUT2D eigenvalue weighted by molar-refractivity contribution is 7.89. The van der Waals surface area contributed by atoms with Gasteiger partial charge in [-0.05, 0) is 29.8 Å². The van der Waals surface area contributed by atoms with Gasteiger partial charge in [-0.3, -0.25) is 0 Å². The van der Waals surface area contributed by atoms with Gasteiger partial charge in [0, 0.05) is 11.6 Å². The fourth-order valence-electron chi connectivity index (χ4n) is 1.48. The van der Waals surface area contributed by atoms with Gasteiger partial charge in [-0.15, -0.1) is 0 Å². The molecule has 2 aromatic rings. The number of hydrogen-bond donors (Lipinski definition) is 2. The number of aliphatic hydroxyl groups excluding tert-OH is 1. The summed E-state index contributed by atoms with van der Waals surface area (Å²) in [6, 6.07) is 9.59. The highest BCUT2D eigenvalue weighted by atomic mass is 35.5. The molecule has 0 amide bonds. The summed E-state index contributed by atoms with van der Waals surface area (Å²) in [6.45, 7) is -0.234. The maximum absolute atomic E-state index is 11.9. The number of nitrogens with one attached hydrogen (secondary N) is 1. The van der Waals surface area contributed by atoms with Crippen LogP contribution in [0.1, 0.15) is 11.3 Å². The molecule has 102 valence electrons. The van der Waals surface area contributed by atoms with Crippen LogP contribution in [0.2, 0.25) is 5.02 Å². The van der Waals surface area contributed by atoms with Gasteiger partial charge in [0.25, 0.3) is 10.0 Å². The SMILES string of the molecule is O=S(=O)(NCc1cccc(Cl)c1)c1ccc(CO)o1. The molecular weight excluding hydrogens is 290 g/mol. The monoisotopic (exact) mass is 301 g/mol. The molecule has 0 atom stereocenters. The van der Waals surface area contributed by atoms with Crippen molar-refractivity contribution in [1.29, 1.82) is 0 Å². The lowest BCUT2D eigenvalue weighted by Crippen LogP contribution is -2.22. The van der Waals surface area contributed by atoms with E-state index in [-0.39, 0.29) is 24.0 Å². The van der Waals surface area contributed by atoms with E-state index in [1.165, 1.54) is 12.1 Å². The van der Waals surface area contributed by atoms with Crippen LogP contribution >= 0.6 is 11.6 Å². The van der Waals surface area contributed by atoms with Crippen LogP contribution in [0.3, 0.4) is 0 Å². The van der Waals surface area contributed by atoms with Gasteiger partial charge in [0.15, 0.2) is 0 Å². The van der Waals surface area contributed by atoms with E-state index in [0.717, 1.165) is 5.56 Å². The van der Waals surface area contributed by atoms with Gasteiger partial charge < -0.3 is 9.52 Å². The third-order valence-electron chi connectivity index (χ3n) is 2.41. The smallest absolute Gasteiger partial charge is 0.274 e. The summed E-state index contributed by atoms with van der Waals surface area (Å²) in [5.74, 6) is 0.197. The van der Waals surface area contributed by atoms with Crippen molar-refractivity contribution in [1.82, 2.24) is 4.72 Å². The average molecular weight is 302 g/mol. The molecule has 1 aromatic carbocycles. The molecule has 5 nitrogen and oxygen atoms in total. The Morgan fingerprint density at radius 2 is 2.05 bits per heavy atom. The van der Waals surface area contributed by atoms with E-state index in [0.29, 0.717) is 5.02 Å². The summed E-state index contributed by atoms with van der Waals surface area (Å²) in [5, 5.41) is 9.15. The lowest BCUT2D eigenvalue weighted by molar-refractivity contribution is 0.236. The zero-order valence-electron chi connectivity index (χ0n) is 9.84. The number of aliphatic hydroxyl groups is 1. The van der Waals surface area contributed by atoms with Gasteiger partial charge in [0.1, 0.15) is 12.4 Å². The minimum atomic E-state index is -3.73. The molecule has 0 saturated carbocycles. The Bertz CT molecular complexity index is 666. The molecule has 2 N–H and O–H groups in total. The van der Waals surface area contributed by atoms with Crippen molar-refractivity contribution in [3.63, 3.8) is 0 Å². The van der Waals surface area contributed by atoms with Crippen LogP contribution in [0.15, 0.2) is 45.9 Å². The number of furan rings is 1.